The van der Waals surface area contributed by atoms with Gasteiger partial charge in [-0.1, -0.05) is 12.1 Å². The quantitative estimate of drug-likeness (QED) is 0.863. The summed E-state index contributed by atoms with van der Waals surface area (Å²) < 4.78 is 13.5. The van der Waals surface area contributed by atoms with Crippen LogP contribution in [0, 0.1) is 5.92 Å². The van der Waals surface area contributed by atoms with Crippen LogP contribution in [0.25, 0.3) is 0 Å². The van der Waals surface area contributed by atoms with Crippen LogP contribution in [0.4, 0.5) is 0 Å². The molecule has 6 nitrogen and oxygen atoms in total. The minimum absolute atomic E-state index is 0.627. The average Bonchev–Trinajstić information content (AvgIpc) is 3.09. The lowest BCUT2D eigenvalue weighted by molar-refractivity contribution is 0.143. The zero-order valence-electron chi connectivity index (χ0n) is 13.2. The van der Waals surface area contributed by atoms with Crippen LogP contribution in [-0.2, 0) is 13.1 Å². The van der Waals surface area contributed by atoms with Crippen molar-refractivity contribution in [2.75, 3.05) is 26.3 Å². The van der Waals surface area contributed by atoms with Gasteiger partial charge in [0.05, 0.1) is 0 Å². The van der Waals surface area contributed by atoms with Gasteiger partial charge in [0.2, 0.25) is 0 Å². The van der Waals surface area contributed by atoms with Crippen LogP contribution in [0.3, 0.4) is 0 Å². The Morgan fingerprint density at radius 1 is 1.22 bits per heavy atom. The third kappa shape index (κ3) is 3.32. The largest absolute Gasteiger partial charge is 0.486 e. The van der Waals surface area contributed by atoms with E-state index in [-0.39, 0.29) is 0 Å². The molecule has 4 rings (SSSR count). The van der Waals surface area contributed by atoms with Gasteiger partial charge in [-0.25, -0.2) is 4.98 Å². The first-order valence-electron chi connectivity index (χ1n) is 8.31. The minimum atomic E-state index is 0.627. The van der Waals surface area contributed by atoms with Crippen molar-refractivity contribution in [3.63, 3.8) is 0 Å². The Kier molecular flexibility index (Phi) is 4.15. The van der Waals surface area contributed by atoms with Gasteiger partial charge >= 0.3 is 0 Å². The highest BCUT2D eigenvalue weighted by Crippen LogP contribution is 2.34. The van der Waals surface area contributed by atoms with Crippen LogP contribution in [0.5, 0.6) is 11.5 Å². The van der Waals surface area contributed by atoms with Gasteiger partial charge < -0.3 is 9.47 Å². The van der Waals surface area contributed by atoms with Crippen molar-refractivity contribution in [2.24, 2.45) is 5.92 Å². The number of hydrogen-bond acceptors (Lipinski definition) is 5. The van der Waals surface area contributed by atoms with E-state index in [4.69, 9.17) is 9.47 Å². The summed E-state index contributed by atoms with van der Waals surface area (Å²) in [5.41, 5.74) is 1.23. The molecule has 2 aliphatic heterocycles. The summed E-state index contributed by atoms with van der Waals surface area (Å²) in [5, 5.41) is 4.23. The molecule has 0 amide bonds. The van der Waals surface area contributed by atoms with Gasteiger partial charge in [-0.2, -0.15) is 5.10 Å². The molecule has 1 unspecified atom stereocenters. The Balaban J connectivity index is 1.42. The van der Waals surface area contributed by atoms with Crippen LogP contribution in [0.15, 0.2) is 30.9 Å². The lowest BCUT2D eigenvalue weighted by Crippen LogP contribution is -2.36. The Morgan fingerprint density at radius 3 is 3.09 bits per heavy atom. The minimum Gasteiger partial charge on any atom is -0.486 e. The van der Waals surface area contributed by atoms with E-state index >= 15 is 0 Å². The number of aromatic nitrogens is 3. The molecular weight excluding hydrogens is 292 g/mol. The zero-order chi connectivity index (χ0) is 15.5. The maximum absolute atomic E-state index is 5.83. The number of ether oxygens (including phenoxy) is 2. The molecule has 1 atom stereocenters. The molecule has 1 saturated heterocycles. The average molecular weight is 314 g/mol. The maximum atomic E-state index is 5.83. The molecule has 0 N–H and O–H groups in total. The highest BCUT2D eigenvalue weighted by atomic mass is 16.6. The number of fused-ring (bicyclic) bond motifs is 1. The van der Waals surface area contributed by atoms with Gasteiger partial charge in [-0.3, -0.25) is 9.58 Å². The van der Waals surface area contributed by atoms with Crippen molar-refractivity contribution in [1.29, 1.82) is 0 Å². The van der Waals surface area contributed by atoms with Crippen molar-refractivity contribution >= 4 is 0 Å². The van der Waals surface area contributed by atoms with Crippen LogP contribution >= 0.6 is 0 Å². The molecule has 2 aromatic rings. The first-order valence-corrected chi connectivity index (χ1v) is 8.31. The van der Waals surface area contributed by atoms with Crippen LogP contribution in [-0.4, -0.2) is 46.0 Å². The second-order valence-corrected chi connectivity index (χ2v) is 6.30. The molecule has 1 fully saturated rings. The number of rotatable bonds is 4. The standard InChI is InChI=1S/C17H22N4O2/c1-4-15(17-16(5-1)22-7-8-23-17)11-20-6-2-3-14(9-20)10-21-13-18-12-19-21/h1,4-5,12-14H,2-3,6-11H2. The Morgan fingerprint density at radius 2 is 2.17 bits per heavy atom. The van der Waals surface area contributed by atoms with E-state index < -0.39 is 0 Å². The smallest absolute Gasteiger partial charge is 0.165 e. The topological polar surface area (TPSA) is 52.4 Å². The first-order chi connectivity index (χ1) is 11.4. The van der Waals surface area contributed by atoms with E-state index in [0.717, 1.165) is 37.7 Å². The first kappa shape index (κ1) is 14.5. The second kappa shape index (κ2) is 6.58. The summed E-state index contributed by atoms with van der Waals surface area (Å²) in [6.07, 6.45) is 5.89. The summed E-state index contributed by atoms with van der Waals surface area (Å²) >= 11 is 0. The van der Waals surface area contributed by atoms with E-state index in [9.17, 15) is 0 Å². The third-order valence-corrected chi connectivity index (χ3v) is 4.56. The van der Waals surface area contributed by atoms with E-state index in [0.29, 0.717) is 19.1 Å². The van der Waals surface area contributed by atoms with Crippen molar-refractivity contribution < 1.29 is 9.47 Å². The monoisotopic (exact) mass is 314 g/mol. The summed E-state index contributed by atoms with van der Waals surface area (Å²) in [5.74, 6) is 2.43. The molecule has 2 aliphatic rings. The molecule has 0 bridgehead atoms. The van der Waals surface area contributed by atoms with Crippen LogP contribution in [0.2, 0.25) is 0 Å². The molecule has 1 aromatic heterocycles. The lowest BCUT2D eigenvalue weighted by atomic mass is 9.97. The fourth-order valence-electron chi connectivity index (χ4n) is 3.54. The molecular formula is C17H22N4O2. The number of para-hydroxylation sites is 1. The Labute approximate surface area is 136 Å². The summed E-state index contributed by atoms with van der Waals surface area (Å²) in [6, 6.07) is 6.19. The highest BCUT2D eigenvalue weighted by Gasteiger charge is 2.23. The predicted octanol–water partition coefficient (Wildman–Crippen LogP) is 1.96. The number of hydrogen-bond donors (Lipinski definition) is 0. The Bertz CT molecular complexity index is 644. The number of nitrogens with zero attached hydrogens (tertiary/aromatic N) is 4. The van der Waals surface area contributed by atoms with Crippen molar-refractivity contribution in [2.45, 2.75) is 25.9 Å². The van der Waals surface area contributed by atoms with Crippen LogP contribution < -0.4 is 9.47 Å². The molecule has 6 heteroatoms. The molecule has 23 heavy (non-hydrogen) atoms. The fourth-order valence-corrected chi connectivity index (χ4v) is 3.54. The van der Waals surface area contributed by atoms with Gasteiger partial charge in [-0.15, -0.1) is 0 Å². The van der Waals surface area contributed by atoms with Gasteiger partial charge in [-0.05, 0) is 31.4 Å². The normalized spacial score (nSPS) is 21.3. The molecule has 0 spiro atoms. The van der Waals surface area contributed by atoms with Crippen LogP contribution in [0.1, 0.15) is 18.4 Å². The van der Waals surface area contributed by atoms with Crippen molar-refractivity contribution in [3.05, 3.63) is 36.4 Å². The van der Waals surface area contributed by atoms with E-state index in [1.165, 1.54) is 18.4 Å². The summed E-state index contributed by atoms with van der Waals surface area (Å²) in [7, 11) is 0. The van der Waals surface area contributed by atoms with E-state index in [2.05, 4.69) is 27.1 Å². The van der Waals surface area contributed by atoms with E-state index in [1.807, 2.05) is 10.7 Å². The van der Waals surface area contributed by atoms with Gasteiger partial charge in [0.15, 0.2) is 11.5 Å². The van der Waals surface area contributed by atoms with Crippen molar-refractivity contribution in [1.82, 2.24) is 19.7 Å². The van der Waals surface area contributed by atoms with Gasteiger partial charge in [0.25, 0.3) is 0 Å². The molecule has 0 aliphatic carbocycles. The molecule has 0 saturated carbocycles. The maximum Gasteiger partial charge on any atom is 0.165 e. The second-order valence-electron chi connectivity index (χ2n) is 6.30. The Hall–Kier alpha value is -2.08. The molecule has 3 heterocycles. The highest BCUT2D eigenvalue weighted by molar-refractivity contribution is 5.47. The van der Waals surface area contributed by atoms with Gasteiger partial charge in [0.1, 0.15) is 25.9 Å². The summed E-state index contributed by atoms with van der Waals surface area (Å²) in [6.45, 7) is 5.37. The van der Waals surface area contributed by atoms with Gasteiger partial charge in [0, 0.05) is 25.2 Å². The predicted molar refractivity (Wildman–Crippen MR) is 85.5 cm³/mol. The molecule has 1 aromatic carbocycles. The SMILES string of the molecule is c1cc(CN2CCCC(Cn3cncn3)C2)c2c(c1)OCCO2. The summed E-state index contributed by atoms with van der Waals surface area (Å²) in [4.78, 5) is 6.54. The number of likely N-dealkylation sites (tertiary alicyclic amines) is 1. The molecule has 0 radical (unpaired) electrons. The van der Waals surface area contributed by atoms with Crippen molar-refractivity contribution in [3.8, 4) is 11.5 Å². The zero-order valence-corrected chi connectivity index (χ0v) is 13.2. The number of benzene rings is 1. The lowest BCUT2D eigenvalue weighted by Gasteiger charge is -2.33. The number of piperidine rings is 1. The van der Waals surface area contributed by atoms with E-state index in [1.54, 1.807) is 12.7 Å². The molecule has 122 valence electrons. The fraction of sp³-hybridized carbons (Fsp3) is 0.529. The third-order valence-electron chi connectivity index (χ3n) is 4.56.